The number of tetrazole rings is 1. The van der Waals surface area contributed by atoms with Crippen LogP contribution in [0.1, 0.15) is 5.56 Å². The minimum atomic E-state index is -0.420. The molecule has 0 atom stereocenters. The molecule has 0 aliphatic heterocycles. The Morgan fingerprint density at radius 3 is 3.00 bits per heavy atom. The van der Waals surface area contributed by atoms with Crippen LogP contribution in [0.15, 0.2) is 27.8 Å². The average Bonchev–Trinajstić information content (AvgIpc) is 2.85. The Morgan fingerprint density at radius 2 is 2.30 bits per heavy atom. The van der Waals surface area contributed by atoms with Gasteiger partial charge in [0.05, 0.1) is 15.9 Å². The highest BCUT2D eigenvalue weighted by Gasteiger charge is 2.15. The van der Waals surface area contributed by atoms with Crippen molar-refractivity contribution in [3.05, 3.63) is 38.3 Å². The molecule has 0 amide bonds. The van der Waals surface area contributed by atoms with Gasteiger partial charge in [0.1, 0.15) is 0 Å². The summed E-state index contributed by atoms with van der Waals surface area (Å²) in [6, 6.07) is 4.93. The molecule has 0 aliphatic rings. The summed E-state index contributed by atoms with van der Waals surface area (Å²) in [7, 11) is 0. The number of nitrogens with two attached hydrogens (primary N) is 1. The standard InChI is InChI=1S/C10H11BrN6O2S/c11-9-7(2-1-3-8(9)17(18)19)6-20-10-13-14-15-16(10)5-4-12/h1-3H,4-6,12H2. The van der Waals surface area contributed by atoms with Gasteiger partial charge in [0.15, 0.2) is 0 Å². The van der Waals surface area contributed by atoms with Crippen LogP contribution in [0.3, 0.4) is 0 Å². The van der Waals surface area contributed by atoms with E-state index in [4.69, 9.17) is 5.73 Å². The summed E-state index contributed by atoms with van der Waals surface area (Å²) in [5.74, 6) is 0.521. The molecule has 1 heterocycles. The van der Waals surface area contributed by atoms with Crippen LogP contribution in [0.25, 0.3) is 0 Å². The fourth-order valence-electron chi connectivity index (χ4n) is 1.52. The van der Waals surface area contributed by atoms with Gasteiger partial charge in [0.25, 0.3) is 5.69 Å². The summed E-state index contributed by atoms with van der Waals surface area (Å²) in [6.45, 7) is 0.977. The van der Waals surface area contributed by atoms with Gasteiger partial charge in [-0.25, -0.2) is 4.68 Å². The third-order valence-corrected chi connectivity index (χ3v) is 4.37. The molecule has 0 saturated carbocycles. The molecule has 0 aliphatic carbocycles. The van der Waals surface area contributed by atoms with Crippen LogP contribution < -0.4 is 5.73 Å². The van der Waals surface area contributed by atoms with Crippen molar-refractivity contribution >= 4 is 33.4 Å². The second-order valence-corrected chi connectivity index (χ2v) is 5.50. The van der Waals surface area contributed by atoms with Crippen LogP contribution >= 0.6 is 27.7 Å². The summed E-state index contributed by atoms with van der Waals surface area (Å²) in [5.41, 5.74) is 6.32. The van der Waals surface area contributed by atoms with E-state index < -0.39 is 4.92 Å². The summed E-state index contributed by atoms with van der Waals surface area (Å²) in [4.78, 5) is 10.4. The van der Waals surface area contributed by atoms with E-state index in [0.717, 1.165) is 5.56 Å². The van der Waals surface area contributed by atoms with Crippen LogP contribution in [-0.2, 0) is 12.3 Å². The zero-order valence-electron chi connectivity index (χ0n) is 10.3. The number of nitro benzene ring substituents is 1. The molecule has 8 nitrogen and oxygen atoms in total. The van der Waals surface area contributed by atoms with Gasteiger partial charge in [-0.3, -0.25) is 10.1 Å². The van der Waals surface area contributed by atoms with Crippen molar-refractivity contribution in [2.45, 2.75) is 17.5 Å². The van der Waals surface area contributed by atoms with Crippen molar-refractivity contribution in [3.8, 4) is 0 Å². The molecule has 2 rings (SSSR count). The van der Waals surface area contributed by atoms with Crippen molar-refractivity contribution in [3.63, 3.8) is 0 Å². The Bertz CT molecular complexity index is 620. The second-order valence-electron chi connectivity index (χ2n) is 3.77. The quantitative estimate of drug-likeness (QED) is 0.473. The first-order valence-corrected chi connectivity index (χ1v) is 7.42. The molecule has 0 fully saturated rings. The molecule has 0 spiro atoms. The largest absolute Gasteiger partial charge is 0.329 e. The third kappa shape index (κ3) is 3.32. The number of halogens is 1. The number of nitrogens with zero attached hydrogens (tertiary/aromatic N) is 5. The molecule has 0 saturated heterocycles. The fourth-order valence-corrected chi connectivity index (χ4v) is 3.15. The van der Waals surface area contributed by atoms with Gasteiger partial charge in [-0.15, -0.1) is 5.10 Å². The first-order chi connectivity index (χ1) is 9.63. The Labute approximate surface area is 127 Å². The lowest BCUT2D eigenvalue weighted by atomic mass is 10.2. The predicted octanol–water partition coefficient (Wildman–Crippen LogP) is 1.59. The maximum atomic E-state index is 10.9. The highest BCUT2D eigenvalue weighted by Crippen LogP contribution is 2.32. The molecule has 0 radical (unpaired) electrons. The van der Waals surface area contributed by atoms with E-state index in [1.807, 2.05) is 6.07 Å². The number of aromatic nitrogens is 4. The summed E-state index contributed by atoms with van der Waals surface area (Å²) in [6.07, 6.45) is 0. The van der Waals surface area contributed by atoms with Crippen molar-refractivity contribution in [2.24, 2.45) is 5.73 Å². The first-order valence-electron chi connectivity index (χ1n) is 5.64. The summed E-state index contributed by atoms with van der Waals surface area (Å²) in [5, 5.41) is 22.8. The van der Waals surface area contributed by atoms with Gasteiger partial charge in [0.2, 0.25) is 5.16 Å². The number of thioether (sulfide) groups is 1. The molecule has 1 aromatic carbocycles. The monoisotopic (exact) mass is 358 g/mol. The molecular formula is C10H11BrN6O2S. The van der Waals surface area contributed by atoms with E-state index in [1.54, 1.807) is 10.7 Å². The van der Waals surface area contributed by atoms with E-state index in [1.165, 1.54) is 17.8 Å². The maximum absolute atomic E-state index is 10.9. The molecule has 1 aromatic heterocycles. The molecule has 0 unspecified atom stereocenters. The van der Waals surface area contributed by atoms with E-state index >= 15 is 0 Å². The second kappa shape index (κ2) is 6.77. The fraction of sp³-hybridized carbons (Fsp3) is 0.300. The molecule has 10 heteroatoms. The van der Waals surface area contributed by atoms with Crippen LogP contribution in [0.4, 0.5) is 5.69 Å². The maximum Gasteiger partial charge on any atom is 0.283 e. The SMILES string of the molecule is NCCn1nnnc1SCc1cccc([N+](=O)[O-])c1Br. The van der Waals surface area contributed by atoms with Crippen molar-refractivity contribution in [1.82, 2.24) is 20.2 Å². The number of rotatable bonds is 6. The zero-order valence-corrected chi connectivity index (χ0v) is 12.7. The third-order valence-electron chi connectivity index (χ3n) is 2.45. The minimum absolute atomic E-state index is 0.0460. The van der Waals surface area contributed by atoms with Gasteiger partial charge in [-0.2, -0.15) is 0 Å². The molecule has 20 heavy (non-hydrogen) atoms. The van der Waals surface area contributed by atoms with Crippen LogP contribution in [0.2, 0.25) is 0 Å². The molecule has 2 N–H and O–H groups in total. The lowest BCUT2D eigenvalue weighted by molar-refractivity contribution is -0.385. The van der Waals surface area contributed by atoms with Crippen molar-refractivity contribution < 1.29 is 4.92 Å². The predicted molar refractivity (Wildman–Crippen MR) is 77.2 cm³/mol. The van der Waals surface area contributed by atoms with Crippen LogP contribution in [-0.4, -0.2) is 31.7 Å². The smallest absolute Gasteiger partial charge is 0.283 e. The van der Waals surface area contributed by atoms with Crippen molar-refractivity contribution in [2.75, 3.05) is 6.54 Å². The van der Waals surface area contributed by atoms with Gasteiger partial charge in [0, 0.05) is 18.4 Å². The lowest BCUT2D eigenvalue weighted by Gasteiger charge is -2.05. The van der Waals surface area contributed by atoms with Crippen LogP contribution in [0.5, 0.6) is 0 Å². The number of benzene rings is 1. The topological polar surface area (TPSA) is 113 Å². The molecular weight excluding hydrogens is 348 g/mol. The molecule has 2 aromatic rings. The lowest BCUT2D eigenvalue weighted by Crippen LogP contribution is -2.12. The van der Waals surface area contributed by atoms with E-state index in [0.29, 0.717) is 28.5 Å². The Balaban J connectivity index is 2.13. The molecule has 106 valence electrons. The van der Waals surface area contributed by atoms with E-state index in [-0.39, 0.29) is 5.69 Å². The van der Waals surface area contributed by atoms with Gasteiger partial charge < -0.3 is 5.73 Å². The zero-order chi connectivity index (χ0) is 14.5. The summed E-state index contributed by atoms with van der Waals surface area (Å²) < 4.78 is 2.09. The average molecular weight is 359 g/mol. The van der Waals surface area contributed by atoms with Crippen LogP contribution in [0, 0.1) is 10.1 Å². The van der Waals surface area contributed by atoms with E-state index in [2.05, 4.69) is 31.5 Å². The Morgan fingerprint density at radius 1 is 1.50 bits per heavy atom. The first kappa shape index (κ1) is 14.9. The van der Waals surface area contributed by atoms with Crippen molar-refractivity contribution in [1.29, 1.82) is 0 Å². The highest BCUT2D eigenvalue weighted by atomic mass is 79.9. The summed E-state index contributed by atoms with van der Waals surface area (Å²) >= 11 is 4.66. The minimum Gasteiger partial charge on any atom is -0.329 e. The highest BCUT2D eigenvalue weighted by molar-refractivity contribution is 9.10. The number of hydrogen-bond donors (Lipinski definition) is 1. The van der Waals surface area contributed by atoms with Gasteiger partial charge >= 0.3 is 0 Å². The number of nitro groups is 1. The Hall–Kier alpha value is -1.52. The Kier molecular flexibility index (Phi) is 5.04. The van der Waals surface area contributed by atoms with E-state index in [9.17, 15) is 10.1 Å². The van der Waals surface area contributed by atoms with Gasteiger partial charge in [-0.1, -0.05) is 23.9 Å². The van der Waals surface area contributed by atoms with Gasteiger partial charge in [-0.05, 0) is 31.9 Å². The molecule has 0 bridgehead atoms. The number of hydrogen-bond acceptors (Lipinski definition) is 7. The normalized spacial score (nSPS) is 10.7.